The van der Waals surface area contributed by atoms with Gasteiger partial charge in [-0.05, 0) is 35.5 Å². The summed E-state index contributed by atoms with van der Waals surface area (Å²) in [5.41, 5.74) is 3.44. The molecule has 0 aromatic carbocycles. The molecular weight excluding hydrogens is 556 g/mol. The summed E-state index contributed by atoms with van der Waals surface area (Å²) in [5, 5.41) is 0. The first-order chi connectivity index (χ1) is 14.9. The number of carbonyl (C=O) groups excluding carboxylic acids is 2. The zero-order valence-corrected chi connectivity index (χ0v) is 24.6. The molecule has 3 atom stereocenters. The highest BCUT2D eigenvalue weighted by Gasteiger charge is 2.48. The summed E-state index contributed by atoms with van der Waals surface area (Å²) in [6.07, 6.45) is 3.18. The van der Waals surface area contributed by atoms with Crippen molar-refractivity contribution in [2.45, 2.75) is 102 Å². The van der Waals surface area contributed by atoms with Crippen molar-refractivity contribution in [3.8, 4) is 0 Å². The Morgan fingerprint density at radius 3 is 2.06 bits per heavy atom. The lowest BCUT2D eigenvalue weighted by molar-refractivity contribution is -0.146. The van der Waals surface area contributed by atoms with Crippen LogP contribution in [0.15, 0.2) is 18.3 Å². The van der Waals surface area contributed by atoms with E-state index >= 15 is 0 Å². The Bertz CT molecular complexity index is 739. The minimum Gasteiger partial charge on any atom is -0.456 e. The number of esters is 1. The molecule has 6 nitrogen and oxygen atoms in total. The van der Waals surface area contributed by atoms with E-state index in [1.165, 1.54) is 13.8 Å². The van der Waals surface area contributed by atoms with Crippen LogP contribution in [0.5, 0.6) is 0 Å². The summed E-state index contributed by atoms with van der Waals surface area (Å²) in [4.78, 5) is 26.1. The largest absolute Gasteiger partial charge is 0.456 e. The number of halogens is 2. The Labute approximate surface area is 211 Å². The highest BCUT2D eigenvalue weighted by Crippen LogP contribution is 2.48. The molecule has 0 fully saturated rings. The van der Waals surface area contributed by atoms with Crippen LogP contribution in [0.25, 0.3) is 0 Å². The normalized spacial score (nSPS) is 20.8. The number of rotatable bonds is 6. The van der Waals surface area contributed by atoms with Crippen molar-refractivity contribution in [1.82, 2.24) is 9.33 Å². The molecule has 1 amide bonds. The number of hydrogen-bond donors (Lipinski definition) is 1. The molecule has 2 rings (SSSR count). The molecule has 1 N–H and O–H groups in total. The van der Waals surface area contributed by atoms with Crippen molar-refractivity contribution in [3.05, 3.63) is 29.6 Å². The number of hydrogen-bond acceptors (Lipinski definition) is 5. The zero-order valence-electron chi connectivity index (χ0n) is 20.4. The van der Waals surface area contributed by atoms with Crippen molar-refractivity contribution in [3.63, 3.8) is 0 Å². The molecule has 1 aromatic heterocycles. The first-order valence-electron chi connectivity index (χ1n) is 11.2. The monoisotopic (exact) mass is 592 g/mol. The van der Waals surface area contributed by atoms with Gasteiger partial charge in [-0.25, -0.2) is 0 Å². The summed E-state index contributed by atoms with van der Waals surface area (Å²) in [6, 6.07) is 3.94. The molecule has 1 heterocycles. The van der Waals surface area contributed by atoms with Gasteiger partial charge in [0.25, 0.3) is 0 Å². The van der Waals surface area contributed by atoms with Crippen LogP contribution in [0.3, 0.4) is 0 Å². The first kappa shape index (κ1) is 29.3. The van der Waals surface area contributed by atoms with Gasteiger partial charge in [-0.2, -0.15) is 0 Å². The van der Waals surface area contributed by atoms with Crippen molar-refractivity contribution in [2.75, 3.05) is 0 Å². The summed E-state index contributed by atoms with van der Waals surface area (Å²) in [6.45, 7) is 16.7. The lowest BCUT2D eigenvalue weighted by Gasteiger charge is -2.44. The molecule has 3 unspecified atom stereocenters. The third-order valence-corrected chi connectivity index (χ3v) is 13.6. The maximum absolute atomic E-state index is 11.7. The maximum atomic E-state index is 11.7. The van der Waals surface area contributed by atoms with E-state index in [0.717, 1.165) is 24.1 Å². The van der Waals surface area contributed by atoms with Gasteiger partial charge in [0.2, 0.25) is 14.2 Å². The standard InChI is InChI=1S/C21H34BrNO3Si.C2H4BrNO/c1-13(2)27(14(3)4,15(5)6)26-19-11-10-18(22)21(25-16(7)24)17-9-8-12-23-20(17)19;1-2(5)4-3/h8-9,12-15,18-19,21H,10-11H2,1-7H3;1H3,(H,4,5). The van der Waals surface area contributed by atoms with Gasteiger partial charge < -0.3 is 9.16 Å². The van der Waals surface area contributed by atoms with E-state index in [0.29, 0.717) is 16.6 Å². The number of pyridine rings is 1. The molecule has 1 aliphatic carbocycles. The number of ether oxygens (including phenoxy) is 1. The second-order valence-corrected chi connectivity index (χ2v) is 16.2. The molecule has 182 valence electrons. The predicted molar refractivity (Wildman–Crippen MR) is 138 cm³/mol. The van der Waals surface area contributed by atoms with Crippen LogP contribution in [-0.2, 0) is 18.8 Å². The number of alkyl halides is 1. The molecule has 0 saturated carbocycles. The van der Waals surface area contributed by atoms with Crippen molar-refractivity contribution < 1.29 is 18.8 Å². The van der Waals surface area contributed by atoms with Gasteiger partial charge in [0.15, 0.2) is 0 Å². The molecule has 0 spiro atoms. The quantitative estimate of drug-likeness (QED) is 0.127. The average Bonchev–Trinajstić information content (AvgIpc) is 2.83. The third-order valence-electron chi connectivity index (χ3n) is 6.00. The fourth-order valence-corrected chi connectivity index (χ4v) is 11.0. The van der Waals surface area contributed by atoms with E-state index in [1.807, 2.05) is 18.3 Å². The lowest BCUT2D eigenvalue weighted by Crippen LogP contribution is -2.48. The zero-order chi connectivity index (χ0) is 24.6. The molecule has 0 bridgehead atoms. The van der Waals surface area contributed by atoms with E-state index in [4.69, 9.17) is 14.1 Å². The Morgan fingerprint density at radius 1 is 1.09 bits per heavy atom. The van der Waals surface area contributed by atoms with Crippen LogP contribution in [0.2, 0.25) is 16.6 Å². The highest BCUT2D eigenvalue weighted by molar-refractivity contribution is 9.09. The summed E-state index contributed by atoms with van der Waals surface area (Å²) in [7, 11) is -2.04. The van der Waals surface area contributed by atoms with Crippen LogP contribution >= 0.6 is 32.1 Å². The number of fused-ring (bicyclic) bond motifs is 1. The summed E-state index contributed by atoms with van der Waals surface area (Å²) < 4.78 is 14.9. The van der Waals surface area contributed by atoms with Gasteiger partial charge in [0.05, 0.1) is 16.6 Å². The van der Waals surface area contributed by atoms with E-state index < -0.39 is 8.32 Å². The predicted octanol–water partition coefficient (Wildman–Crippen LogP) is 6.91. The second-order valence-electron chi connectivity index (χ2n) is 9.18. The third kappa shape index (κ3) is 7.37. The molecule has 1 aliphatic rings. The molecule has 0 aliphatic heterocycles. The smallest absolute Gasteiger partial charge is 0.303 e. The Kier molecular flexibility index (Phi) is 12.1. The van der Waals surface area contributed by atoms with Crippen LogP contribution in [-0.4, -0.2) is 30.0 Å². The summed E-state index contributed by atoms with van der Waals surface area (Å²) >= 11 is 6.46. The van der Waals surface area contributed by atoms with Gasteiger partial charge in [-0.1, -0.05) is 63.5 Å². The molecule has 9 heteroatoms. The van der Waals surface area contributed by atoms with E-state index in [2.05, 4.69) is 78.0 Å². The summed E-state index contributed by atoms with van der Waals surface area (Å²) in [5.74, 6) is -0.348. The van der Waals surface area contributed by atoms with Gasteiger partial charge in [-0.3, -0.25) is 18.9 Å². The van der Waals surface area contributed by atoms with Gasteiger partial charge in [0.1, 0.15) is 6.10 Å². The van der Waals surface area contributed by atoms with Crippen molar-refractivity contribution >= 4 is 52.3 Å². The Balaban J connectivity index is 0.000000920. The molecular formula is C23H38Br2N2O4Si. The lowest BCUT2D eigenvalue weighted by atomic mass is 10.1. The van der Waals surface area contributed by atoms with E-state index in [1.54, 1.807) is 0 Å². The second kappa shape index (κ2) is 13.2. The van der Waals surface area contributed by atoms with Crippen molar-refractivity contribution in [2.24, 2.45) is 0 Å². The minimum atomic E-state index is -2.04. The Morgan fingerprint density at radius 2 is 1.62 bits per heavy atom. The molecule has 0 radical (unpaired) electrons. The van der Waals surface area contributed by atoms with Gasteiger partial charge in [0, 0.05) is 41.8 Å². The fraction of sp³-hybridized carbons (Fsp3) is 0.696. The topological polar surface area (TPSA) is 77.5 Å². The Hall–Kier alpha value is -0.773. The number of carbonyl (C=O) groups is 2. The number of nitrogens with one attached hydrogen (secondary N) is 1. The van der Waals surface area contributed by atoms with E-state index in [9.17, 15) is 9.59 Å². The average molecular weight is 594 g/mol. The van der Waals surface area contributed by atoms with Crippen LogP contribution in [0.1, 0.15) is 91.7 Å². The van der Waals surface area contributed by atoms with Crippen molar-refractivity contribution in [1.29, 1.82) is 0 Å². The minimum absolute atomic E-state index is 0.0549. The maximum Gasteiger partial charge on any atom is 0.303 e. The molecule has 1 aromatic rings. The fourth-order valence-electron chi connectivity index (χ4n) is 4.82. The van der Waals surface area contributed by atoms with Crippen LogP contribution in [0.4, 0.5) is 0 Å². The number of amides is 1. The SMILES string of the molecule is CC(=O)NBr.CC(=O)OC1c2cccnc2C(O[Si](C(C)C)(C(C)C)C(C)C)CCC1Br. The molecule has 0 saturated heterocycles. The highest BCUT2D eigenvalue weighted by atomic mass is 79.9. The van der Waals surface area contributed by atoms with E-state index in [-0.39, 0.29) is 28.9 Å². The van der Waals surface area contributed by atoms with Gasteiger partial charge >= 0.3 is 5.97 Å². The number of aromatic nitrogens is 1. The van der Waals surface area contributed by atoms with Gasteiger partial charge in [-0.15, -0.1) is 0 Å². The van der Waals surface area contributed by atoms with Crippen LogP contribution < -0.4 is 4.34 Å². The number of nitrogens with zero attached hydrogens (tertiary/aromatic N) is 1. The molecule has 32 heavy (non-hydrogen) atoms. The van der Waals surface area contributed by atoms with Crippen LogP contribution in [0, 0.1) is 0 Å². The first-order valence-corrected chi connectivity index (χ1v) is 15.0.